The van der Waals surface area contributed by atoms with Gasteiger partial charge in [-0.2, -0.15) is 0 Å². The van der Waals surface area contributed by atoms with Crippen LogP contribution in [-0.2, 0) is 5.41 Å². The fourth-order valence-corrected chi connectivity index (χ4v) is 2.20. The van der Waals surface area contributed by atoms with E-state index in [4.69, 9.17) is 16.3 Å². The van der Waals surface area contributed by atoms with Crippen molar-refractivity contribution in [2.75, 3.05) is 7.11 Å². The Kier molecular flexibility index (Phi) is 3.49. The molecule has 0 heterocycles. The van der Waals surface area contributed by atoms with Crippen molar-refractivity contribution in [1.82, 2.24) is 0 Å². The maximum Gasteiger partial charge on any atom is 0.134 e. The normalized spacial score (nSPS) is 11.6. The molecule has 0 saturated carbocycles. The van der Waals surface area contributed by atoms with Crippen LogP contribution in [0.1, 0.15) is 26.3 Å². The van der Waals surface area contributed by atoms with Gasteiger partial charge in [0.15, 0.2) is 0 Å². The third-order valence-corrected chi connectivity index (χ3v) is 2.98. The van der Waals surface area contributed by atoms with Gasteiger partial charge in [-0.1, -0.05) is 32.4 Å². The van der Waals surface area contributed by atoms with E-state index in [1.54, 1.807) is 7.11 Å². The summed E-state index contributed by atoms with van der Waals surface area (Å²) >= 11 is 9.61. The molecule has 0 bridgehead atoms. The average Bonchev–Trinajstić information content (AvgIpc) is 2.06. The molecule has 0 N–H and O–H groups in total. The summed E-state index contributed by atoms with van der Waals surface area (Å²) in [7, 11) is 1.63. The van der Waals surface area contributed by atoms with Gasteiger partial charge >= 0.3 is 0 Å². The molecule has 1 nitrogen and oxygen atoms in total. The number of halogens is 2. The van der Waals surface area contributed by atoms with Crippen molar-refractivity contribution in [3.05, 3.63) is 27.2 Å². The summed E-state index contributed by atoms with van der Waals surface area (Å²) in [6, 6.07) is 3.85. The topological polar surface area (TPSA) is 9.23 Å². The minimum absolute atomic E-state index is 0.0475. The quantitative estimate of drug-likeness (QED) is 0.739. The monoisotopic (exact) mass is 276 g/mol. The van der Waals surface area contributed by atoms with Gasteiger partial charge in [-0.05, 0) is 33.0 Å². The standard InChI is InChI=1S/C11H14BrClO/c1-11(2,3)7-5-8(12)10(14-4)6-9(7)13/h5-6H,1-4H3. The molecule has 1 aromatic carbocycles. The third-order valence-electron chi connectivity index (χ3n) is 2.05. The highest BCUT2D eigenvalue weighted by atomic mass is 79.9. The van der Waals surface area contributed by atoms with Gasteiger partial charge in [0.2, 0.25) is 0 Å². The first-order chi connectivity index (χ1) is 6.36. The molecule has 0 aliphatic heterocycles. The predicted octanol–water partition coefficient (Wildman–Crippen LogP) is 4.41. The predicted molar refractivity (Wildman–Crippen MR) is 64.4 cm³/mol. The summed E-state index contributed by atoms with van der Waals surface area (Å²) in [5.74, 6) is 0.767. The van der Waals surface area contributed by atoms with E-state index in [2.05, 4.69) is 36.7 Å². The second-order valence-electron chi connectivity index (χ2n) is 4.22. The fraction of sp³-hybridized carbons (Fsp3) is 0.455. The molecule has 0 fully saturated rings. The minimum Gasteiger partial charge on any atom is -0.496 e. The summed E-state index contributed by atoms with van der Waals surface area (Å²) in [6.07, 6.45) is 0. The fourth-order valence-electron chi connectivity index (χ4n) is 1.26. The van der Waals surface area contributed by atoms with Gasteiger partial charge in [0, 0.05) is 11.1 Å². The molecule has 1 aromatic rings. The van der Waals surface area contributed by atoms with E-state index in [1.165, 1.54) is 0 Å². The smallest absolute Gasteiger partial charge is 0.134 e. The van der Waals surface area contributed by atoms with Gasteiger partial charge in [0.1, 0.15) is 5.75 Å². The molecule has 14 heavy (non-hydrogen) atoms. The van der Waals surface area contributed by atoms with Crippen LogP contribution in [-0.4, -0.2) is 7.11 Å². The van der Waals surface area contributed by atoms with Crippen LogP contribution in [0.15, 0.2) is 16.6 Å². The third kappa shape index (κ3) is 2.43. The minimum atomic E-state index is 0.0475. The van der Waals surface area contributed by atoms with Gasteiger partial charge in [-0.25, -0.2) is 0 Å². The molecule has 0 unspecified atom stereocenters. The molecule has 3 heteroatoms. The van der Waals surface area contributed by atoms with Crippen LogP contribution in [0.25, 0.3) is 0 Å². The molecule has 0 atom stereocenters. The van der Waals surface area contributed by atoms with E-state index in [1.807, 2.05) is 12.1 Å². The highest BCUT2D eigenvalue weighted by Gasteiger charge is 2.19. The van der Waals surface area contributed by atoms with Crippen LogP contribution < -0.4 is 4.74 Å². The number of hydrogen-bond acceptors (Lipinski definition) is 1. The zero-order valence-electron chi connectivity index (χ0n) is 8.82. The Morgan fingerprint density at radius 3 is 2.29 bits per heavy atom. The Bertz CT molecular complexity index is 342. The first kappa shape index (κ1) is 11.9. The van der Waals surface area contributed by atoms with E-state index in [0.29, 0.717) is 0 Å². The first-order valence-corrected chi connectivity index (χ1v) is 5.57. The number of rotatable bonds is 1. The molecule has 1 rings (SSSR count). The zero-order chi connectivity index (χ0) is 10.9. The van der Waals surface area contributed by atoms with Crippen LogP contribution in [0.4, 0.5) is 0 Å². The molecule has 0 aliphatic carbocycles. The van der Waals surface area contributed by atoms with Gasteiger partial charge in [-0.3, -0.25) is 0 Å². The summed E-state index contributed by atoms with van der Waals surface area (Å²) in [5.41, 5.74) is 1.16. The van der Waals surface area contributed by atoms with Crippen molar-refractivity contribution in [2.45, 2.75) is 26.2 Å². The van der Waals surface area contributed by atoms with Crippen molar-refractivity contribution < 1.29 is 4.74 Å². The van der Waals surface area contributed by atoms with Crippen LogP contribution in [0.2, 0.25) is 5.02 Å². The van der Waals surface area contributed by atoms with E-state index < -0.39 is 0 Å². The number of ether oxygens (including phenoxy) is 1. The largest absolute Gasteiger partial charge is 0.496 e. The molecule has 0 aliphatic rings. The molecule has 0 radical (unpaired) electrons. The van der Waals surface area contributed by atoms with Gasteiger partial charge in [-0.15, -0.1) is 0 Å². The van der Waals surface area contributed by atoms with Gasteiger partial charge < -0.3 is 4.74 Å². The van der Waals surface area contributed by atoms with Crippen molar-refractivity contribution >= 4 is 27.5 Å². The van der Waals surface area contributed by atoms with Crippen LogP contribution in [0, 0.1) is 0 Å². The summed E-state index contributed by atoms with van der Waals surface area (Å²) in [6.45, 7) is 6.40. The Labute approximate surface area is 98.5 Å². The summed E-state index contributed by atoms with van der Waals surface area (Å²) < 4.78 is 6.10. The lowest BCUT2D eigenvalue weighted by Crippen LogP contribution is -2.11. The van der Waals surface area contributed by atoms with Gasteiger partial charge in [0.05, 0.1) is 11.6 Å². The van der Waals surface area contributed by atoms with E-state index >= 15 is 0 Å². The second kappa shape index (κ2) is 4.11. The van der Waals surface area contributed by atoms with Crippen molar-refractivity contribution in [3.63, 3.8) is 0 Å². The highest BCUT2D eigenvalue weighted by molar-refractivity contribution is 9.10. The highest BCUT2D eigenvalue weighted by Crippen LogP contribution is 2.36. The lowest BCUT2D eigenvalue weighted by molar-refractivity contribution is 0.411. The maximum atomic E-state index is 6.16. The molecule has 0 saturated heterocycles. The summed E-state index contributed by atoms with van der Waals surface area (Å²) in [5, 5.41) is 0.748. The Balaban J connectivity index is 3.29. The van der Waals surface area contributed by atoms with Crippen LogP contribution >= 0.6 is 27.5 Å². The van der Waals surface area contributed by atoms with E-state index in [-0.39, 0.29) is 5.41 Å². The number of benzene rings is 1. The second-order valence-corrected chi connectivity index (χ2v) is 5.48. The van der Waals surface area contributed by atoms with Crippen LogP contribution in [0.5, 0.6) is 5.75 Å². The average molecular weight is 278 g/mol. The molecule has 78 valence electrons. The zero-order valence-corrected chi connectivity index (χ0v) is 11.2. The van der Waals surface area contributed by atoms with Crippen LogP contribution in [0.3, 0.4) is 0 Å². The lowest BCUT2D eigenvalue weighted by atomic mass is 9.87. The van der Waals surface area contributed by atoms with E-state index in [0.717, 1.165) is 20.8 Å². The molecule has 0 spiro atoms. The molecule has 0 aromatic heterocycles. The Morgan fingerprint density at radius 2 is 1.86 bits per heavy atom. The summed E-state index contributed by atoms with van der Waals surface area (Å²) in [4.78, 5) is 0. The Hall–Kier alpha value is -0.210. The van der Waals surface area contributed by atoms with E-state index in [9.17, 15) is 0 Å². The SMILES string of the molecule is COc1cc(Cl)c(C(C)(C)C)cc1Br. The first-order valence-electron chi connectivity index (χ1n) is 4.40. The molecular weight excluding hydrogens is 263 g/mol. The lowest BCUT2D eigenvalue weighted by Gasteiger charge is -2.21. The number of methoxy groups -OCH3 is 1. The van der Waals surface area contributed by atoms with Crippen molar-refractivity contribution in [3.8, 4) is 5.75 Å². The van der Waals surface area contributed by atoms with Crippen molar-refractivity contribution in [1.29, 1.82) is 0 Å². The van der Waals surface area contributed by atoms with Crippen molar-refractivity contribution in [2.24, 2.45) is 0 Å². The van der Waals surface area contributed by atoms with Gasteiger partial charge in [0.25, 0.3) is 0 Å². The maximum absolute atomic E-state index is 6.16. The number of hydrogen-bond donors (Lipinski definition) is 0. The Morgan fingerprint density at radius 1 is 1.29 bits per heavy atom. The molecular formula is C11H14BrClO. The molecule has 0 amide bonds.